The summed E-state index contributed by atoms with van der Waals surface area (Å²) < 4.78 is 0. The third-order valence-electron chi connectivity index (χ3n) is 4.57. The first kappa shape index (κ1) is 12.0. The van der Waals surface area contributed by atoms with Gasteiger partial charge in [-0.25, -0.2) is 4.98 Å². The zero-order chi connectivity index (χ0) is 12.4. The molecule has 0 amide bonds. The molecular weight excluding hydrogens is 222 g/mol. The summed E-state index contributed by atoms with van der Waals surface area (Å²) in [5.74, 6) is 1.57. The summed E-state index contributed by atoms with van der Waals surface area (Å²) in [5.41, 5.74) is 7.54. The van der Waals surface area contributed by atoms with Crippen LogP contribution in [0.1, 0.15) is 44.1 Å². The largest absolute Gasteiger partial charge is 0.383 e. The number of hydrogen-bond acceptors (Lipinski definition) is 3. The first-order chi connectivity index (χ1) is 8.80. The average molecular weight is 245 g/mol. The lowest BCUT2D eigenvalue weighted by atomic mass is 9.82. The average Bonchev–Trinajstić information content (AvgIpc) is 3.18. The Balaban J connectivity index is 1.83. The van der Waals surface area contributed by atoms with Crippen LogP contribution in [-0.4, -0.2) is 17.1 Å². The van der Waals surface area contributed by atoms with Crippen LogP contribution in [0.25, 0.3) is 0 Å². The predicted molar refractivity (Wildman–Crippen MR) is 74.3 cm³/mol. The number of aromatic nitrogens is 1. The van der Waals surface area contributed by atoms with Crippen LogP contribution in [-0.2, 0) is 6.42 Å². The Morgan fingerprint density at radius 2 is 2.22 bits per heavy atom. The molecule has 0 aromatic carbocycles. The van der Waals surface area contributed by atoms with Crippen molar-refractivity contribution in [3.05, 3.63) is 23.9 Å². The van der Waals surface area contributed by atoms with Gasteiger partial charge in [-0.05, 0) is 56.2 Å². The topological polar surface area (TPSA) is 50.9 Å². The Labute approximate surface area is 109 Å². The number of hydrogen-bond donors (Lipinski definition) is 2. The van der Waals surface area contributed by atoms with E-state index in [9.17, 15) is 0 Å². The molecular formula is C15H23N3. The molecule has 1 aliphatic carbocycles. The molecule has 1 atom stereocenters. The van der Waals surface area contributed by atoms with Gasteiger partial charge in [0.2, 0.25) is 0 Å². The molecule has 2 aliphatic rings. The summed E-state index contributed by atoms with van der Waals surface area (Å²) in [4.78, 5) is 4.23. The molecule has 0 bridgehead atoms. The third kappa shape index (κ3) is 2.37. The van der Waals surface area contributed by atoms with Crippen molar-refractivity contribution in [2.75, 3.05) is 12.3 Å². The summed E-state index contributed by atoms with van der Waals surface area (Å²) in [6.07, 6.45) is 10.9. The van der Waals surface area contributed by atoms with Crippen LogP contribution in [0, 0.1) is 5.92 Å². The van der Waals surface area contributed by atoms with E-state index in [1.165, 1.54) is 44.1 Å². The summed E-state index contributed by atoms with van der Waals surface area (Å²) in [5, 5.41) is 3.85. The maximum absolute atomic E-state index is 6.02. The highest BCUT2D eigenvalue weighted by Crippen LogP contribution is 2.45. The number of pyridine rings is 1. The van der Waals surface area contributed by atoms with Gasteiger partial charge in [0.25, 0.3) is 0 Å². The Morgan fingerprint density at radius 1 is 1.33 bits per heavy atom. The minimum atomic E-state index is 0.299. The van der Waals surface area contributed by atoms with Crippen molar-refractivity contribution in [1.82, 2.24) is 10.3 Å². The maximum atomic E-state index is 6.02. The molecule has 98 valence electrons. The van der Waals surface area contributed by atoms with E-state index in [0.29, 0.717) is 11.4 Å². The van der Waals surface area contributed by atoms with Gasteiger partial charge in [-0.15, -0.1) is 0 Å². The summed E-state index contributed by atoms with van der Waals surface area (Å²) in [6, 6.07) is 4.14. The van der Waals surface area contributed by atoms with Gasteiger partial charge in [0, 0.05) is 11.7 Å². The second-order valence-corrected chi connectivity index (χ2v) is 5.89. The van der Waals surface area contributed by atoms with Gasteiger partial charge in [-0.1, -0.05) is 18.9 Å². The third-order valence-corrected chi connectivity index (χ3v) is 4.57. The lowest BCUT2D eigenvalue weighted by Crippen LogP contribution is -2.48. The second-order valence-electron chi connectivity index (χ2n) is 5.89. The molecule has 3 N–H and O–H groups in total. The van der Waals surface area contributed by atoms with E-state index in [-0.39, 0.29) is 0 Å². The van der Waals surface area contributed by atoms with Gasteiger partial charge in [-0.3, -0.25) is 0 Å². The molecule has 0 spiro atoms. The van der Waals surface area contributed by atoms with Crippen LogP contribution in [0.5, 0.6) is 0 Å². The normalized spacial score (nSPS) is 28.9. The number of nitrogens with zero attached hydrogens (tertiary/aromatic N) is 1. The maximum Gasteiger partial charge on any atom is 0.126 e. The highest BCUT2D eigenvalue weighted by molar-refractivity contribution is 5.40. The van der Waals surface area contributed by atoms with Crippen molar-refractivity contribution in [3.63, 3.8) is 0 Å². The van der Waals surface area contributed by atoms with Gasteiger partial charge in [0.15, 0.2) is 0 Å². The lowest BCUT2D eigenvalue weighted by molar-refractivity contribution is 0.271. The highest BCUT2D eigenvalue weighted by atomic mass is 15.0. The SMILES string of the molecule is Nc1ncccc1CC1(C2CC2)CCCCCN1. The van der Waals surface area contributed by atoms with Crippen molar-refractivity contribution in [2.24, 2.45) is 5.92 Å². The van der Waals surface area contributed by atoms with Gasteiger partial charge in [0.1, 0.15) is 5.82 Å². The number of nitrogens with one attached hydrogen (secondary N) is 1. The summed E-state index contributed by atoms with van der Waals surface area (Å²) >= 11 is 0. The van der Waals surface area contributed by atoms with Crippen molar-refractivity contribution in [2.45, 2.75) is 50.5 Å². The van der Waals surface area contributed by atoms with E-state index in [1.54, 1.807) is 6.20 Å². The van der Waals surface area contributed by atoms with E-state index in [0.717, 1.165) is 18.9 Å². The molecule has 0 radical (unpaired) electrons. The molecule has 2 fully saturated rings. The minimum Gasteiger partial charge on any atom is -0.383 e. The Hall–Kier alpha value is -1.09. The standard InChI is InChI=1S/C15H23N3/c16-14-12(5-4-9-17-14)11-15(13-6-7-13)8-2-1-3-10-18-15/h4-5,9,13,18H,1-3,6-8,10-11H2,(H2,16,17). The quantitative estimate of drug-likeness (QED) is 0.860. The van der Waals surface area contributed by atoms with E-state index in [2.05, 4.69) is 16.4 Å². The lowest BCUT2D eigenvalue weighted by Gasteiger charge is -2.34. The van der Waals surface area contributed by atoms with Crippen molar-refractivity contribution in [3.8, 4) is 0 Å². The fourth-order valence-electron chi connectivity index (χ4n) is 3.39. The van der Waals surface area contributed by atoms with Crippen molar-refractivity contribution in [1.29, 1.82) is 0 Å². The molecule has 2 heterocycles. The van der Waals surface area contributed by atoms with Crippen LogP contribution in [0.4, 0.5) is 5.82 Å². The van der Waals surface area contributed by atoms with Crippen LogP contribution in [0.3, 0.4) is 0 Å². The van der Waals surface area contributed by atoms with Crippen molar-refractivity contribution >= 4 is 5.82 Å². The van der Waals surface area contributed by atoms with Crippen LogP contribution >= 0.6 is 0 Å². The van der Waals surface area contributed by atoms with E-state index in [1.807, 2.05) is 6.07 Å². The fraction of sp³-hybridized carbons (Fsp3) is 0.667. The molecule has 1 saturated carbocycles. The highest BCUT2D eigenvalue weighted by Gasteiger charge is 2.45. The van der Waals surface area contributed by atoms with Crippen LogP contribution < -0.4 is 11.1 Å². The van der Waals surface area contributed by atoms with Gasteiger partial charge in [0.05, 0.1) is 0 Å². The molecule has 3 nitrogen and oxygen atoms in total. The Bertz CT molecular complexity index is 404. The number of rotatable bonds is 3. The van der Waals surface area contributed by atoms with E-state index in [4.69, 9.17) is 5.73 Å². The number of nitrogen functional groups attached to an aromatic ring is 1. The fourth-order valence-corrected chi connectivity index (χ4v) is 3.39. The Kier molecular flexibility index (Phi) is 3.25. The van der Waals surface area contributed by atoms with Gasteiger partial charge in [-0.2, -0.15) is 0 Å². The number of nitrogens with two attached hydrogens (primary N) is 1. The first-order valence-corrected chi connectivity index (χ1v) is 7.25. The van der Waals surface area contributed by atoms with Crippen molar-refractivity contribution < 1.29 is 0 Å². The summed E-state index contributed by atoms with van der Waals surface area (Å²) in [7, 11) is 0. The second kappa shape index (κ2) is 4.88. The molecule has 1 unspecified atom stereocenters. The zero-order valence-corrected chi connectivity index (χ0v) is 11.0. The molecule has 1 aromatic rings. The smallest absolute Gasteiger partial charge is 0.126 e. The van der Waals surface area contributed by atoms with Gasteiger partial charge < -0.3 is 11.1 Å². The minimum absolute atomic E-state index is 0.299. The monoisotopic (exact) mass is 245 g/mol. The summed E-state index contributed by atoms with van der Waals surface area (Å²) in [6.45, 7) is 1.16. The molecule has 3 heteroatoms. The molecule has 1 aromatic heterocycles. The molecule has 3 rings (SSSR count). The molecule has 18 heavy (non-hydrogen) atoms. The Morgan fingerprint density at radius 3 is 3.00 bits per heavy atom. The number of anilines is 1. The zero-order valence-electron chi connectivity index (χ0n) is 11.0. The predicted octanol–water partition coefficient (Wildman–Crippen LogP) is 2.52. The molecule has 1 aliphatic heterocycles. The van der Waals surface area contributed by atoms with E-state index < -0.39 is 0 Å². The van der Waals surface area contributed by atoms with Crippen LogP contribution in [0.2, 0.25) is 0 Å². The van der Waals surface area contributed by atoms with Crippen LogP contribution in [0.15, 0.2) is 18.3 Å². The molecule has 1 saturated heterocycles. The van der Waals surface area contributed by atoms with E-state index >= 15 is 0 Å². The van der Waals surface area contributed by atoms with Gasteiger partial charge >= 0.3 is 0 Å². The first-order valence-electron chi connectivity index (χ1n) is 7.25.